The van der Waals surface area contributed by atoms with Gasteiger partial charge in [0.05, 0.1) is 0 Å². The van der Waals surface area contributed by atoms with Gasteiger partial charge in [-0.1, -0.05) is 18.2 Å². The average molecular weight is 343 g/mol. The van der Waals surface area contributed by atoms with Gasteiger partial charge in [-0.15, -0.1) is 0 Å². The summed E-state index contributed by atoms with van der Waals surface area (Å²) in [5.41, 5.74) is 7.06. The summed E-state index contributed by atoms with van der Waals surface area (Å²) in [6.07, 6.45) is 0.848. The molecule has 3 rings (SSSR count). The van der Waals surface area contributed by atoms with Gasteiger partial charge in [0.25, 0.3) is 0 Å². The lowest BCUT2D eigenvalue weighted by Crippen LogP contribution is -2.53. The smallest absolute Gasteiger partial charge is 0.217 e. The zero-order valence-corrected chi connectivity index (χ0v) is 13.9. The summed E-state index contributed by atoms with van der Waals surface area (Å²) in [7, 11) is 0. The lowest BCUT2D eigenvalue weighted by atomic mass is 10.0. The van der Waals surface area contributed by atoms with E-state index in [0.29, 0.717) is 25.2 Å². The number of amides is 1. The van der Waals surface area contributed by atoms with E-state index in [1.165, 1.54) is 6.07 Å². The second-order valence-corrected chi connectivity index (χ2v) is 6.30. The van der Waals surface area contributed by atoms with Gasteiger partial charge < -0.3 is 20.6 Å². The van der Waals surface area contributed by atoms with Crippen LogP contribution < -0.4 is 15.5 Å². The summed E-state index contributed by atoms with van der Waals surface area (Å²) in [5, 5.41) is 9.71. The topological polar surface area (TPSA) is 69.8 Å². The van der Waals surface area contributed by atoms with Crippen molar-refractivity contribution >= 4 is 17.3 Å². The van der Waals surface area contributed by atoms with Crippen molar-refractivity contribution in [3.63, 3.8) is 0 Å². The Balaban J connectivity index is 1.83. The number of piperazine rings is 1. The predicted octanol–water partition coefficient (Wildman–Crippen LogP) is 2.49. The first kappa shape index (κ1) is 17.1. The van der Waals surface area contributed by atoms with E-state index in [1.54, 1.807) is 6.07 Å². The molecule has 1 atom stereocenters. The van der Waals surface area contributed by atoms with E-state index in [-0.39, 0.29) is 24.1 Å². The Morgan fingerprint density at radius 1 is 1.16 bits per heavy atom. The molecule has 0 radical (unpaired) electrons. The van der Waals surface area contributed by atoms with Gasteiger partial charge in [0.1, 0.15) is 11.6 Å². The Bertz CT molecular complexity index is 718. The standard InChI is InChI=1S/C19H22FN3O2/c20-14-10-17(12-18(24)11-14)23-9-8-22(15-4-2-1-3-5-15)13-16(23)6-7-19(21)25/h1-5,10-12,16,24H,6-9,13H2,(H2,21,25). The van der Waals surface area contributed by atoms with Gasteiger partial charge in [-0.25, -0.2) is 4.39 Å². The maximum absolute atomic E-state index is 13.7. The molecule has 1 heterocycles. The number of hydrogen-bond donors (Lipinski definition) is 2. The first-order valence-electron chi connectivity index (χ1n) is 8.37. The quantitative estimate of drug-likeness (QED) is 0.875. The van der Waals surface area contributed by atoms with Crippen molar-refractivity contribution in [3.05, 3.63) is 54.3 Å². The zero-order valence-electron chi connectivity index (χ0n) is 13.9. The van der Waals surface area contributed by atoms with Crippen molar-refractivity contribution in [3.8, 4) is 5.75 Å². The molecule has 1 fully saturated rings. The van der Waals surface area contributed by atoms with Gasteiger partial charge in [-0.3, -0.25) is 4.79 Å². The van der Waals surface area contributed by atoms with Crippen molar-refractivity contribution in [2.24, 2.45) is 5.73 Å². The number of carbonyl (C=O) groups is 1. The van der Waals surface area contributed by atoms with Crippen LogP contribution in [0.15, 0.2) is 48.5 Å². The van der Waals surface area contributed by atoms with Gasteiger partial charge in [0.15, 0.2) is 0 Å². The van der Waals surface area contributed by atoms with E-state index in [2.05, 4.69) is 17.0 Å². The van der Waals surface area contributed by atoms with E-state index in [9.17, 15) is 14.3 Å². The molecule has 3 N–H and O–H groups in total. The fourth-order valence-electron chi connectivity index (χ4n) is 3.35. The fourth-order valence-corrected chi connectivity index (χ4v) is 3.35. The minimum atomic E-state index is -0.478. The maximum atomic E-state index is 13.7. The molecule has 25 heavy (non-hydrogen) atoms. The molecule has 132 valence electrons. The molecule has 2 aromatic rings. The number of para-hydroxylation sites is 1. The summed E-state index contributed by atoms with van der Waals surface area (Å²) < 4.78 is 13.7. The van der Waals surface area contributed by atoms with Crippen LogP contribution in [-0.4, -0.2) is 36.7 Å². The van der Waals surface area contributed by atoms with E-state index < -0.39 is 5.82 Å². The van der Waals surface area contributed by atoms with Crippen molar-refractivity contribution in [2.45, 2.75) is 18.9 Å². The normalized spacial score (nSPS) is 17.6. The number of halogens is 1. The predicted molar refractivity (Wildman–Crippen MR) is 96.3 cm³/mol. The number of carbonyl (C=O) groups excluding carboxylic acids is 1. The molecule has 0 aliphatic carbocycles. The highest BCUT2D eigenvalue weighted by molar-refractivity contribution is 5.73. The molecule has 0 saturated carbocycles. The monoisotopic (exact) mass is 343 g/mol. The van der Waals surface area contributed by atoms with Crippen LogP contribution in [0.4, 0.5) is 15.8 Å². The minimum absolute atomic E-state index is 0.00246. The zero-order chi connectivity index (χ0) is 17.8. The fraction of sp³-hybridized carbons (Fsp3) is 0.316. The Kier molecular flexibility index (Phi) is 5.07. The van der Waals surface area contributed by atoms with Gasteiger partial charge in [0, 0.05) is 55.6 Å². The van der Waals surface area contributed by atoms with Crippen LogP contribution in [0.25, 0.3) is 0 Å². The summed E-state index contributed by atoms with van der Waals surface area (Å²) in [6, 6.07) is 14.1. The van der Waals surface area contributed by atoms with E-state index in [1.807, 2.05) is 23.1 Å². The number of nitrogens with zero attached hydrogens (tertiary/aromatic N) is 2. The van der Waals surface area contributed by atoms with Crippen molar-refractivity contribution in [1.82, 2.24) is 0 Å². The van der Waals surface area contributed by atoms with Crippen LogP contribution in [-0.2, 0) is 4.79 Å². The molecule has 1 aliphatic rings. The lowest BCUT2D eigenvalue weighted by Gasteiger charge is -2.44. The molecule has 1 saturated heterocycles. The Labute approximate surface area is 146 Å². The van der Waals surface area contributed by atoms with Gasteiger partial charge in [0.2, 0.25) is 5.91 Å². The maximum Gasteiger partial charge on any atom is 0.217 e. The molecule has 1 unspecified atom stereocenters. The number of phenols is 1. The second-order valence-electron chi connectivity index (χ2n) is 6.30. The van der Waals surface area contributed by atoms with E-state index in [0.717, 1.165) is 18.3 Å². The van der Waals surface area contributed by atoms with Crippen molar-refractivity contribution in [1.29, 1.82) is 0 Å². The van der Waals surface area contributed by atoms with E-state index >= 15 is 0 Å². The number of anilines is 2. The van der Waals surface area contributed by atoms with Crippen LogP contribution in [0.5, 0.6) is 5.75 Å². The number of phenolic OH excluding ortho intramolecular Hbond substituents is 1. The number of benzene rings is 2. The van der Waals surface area contributed by atoms with Crippen LogP contribution in [0, 0.1) is 5.82 Å². The molecule has 6 heteroatoms. The molecule has 5 nitrogen and oxygen atoms in total. The second kappa shape index (κ2) is 7.42. The SMILES string of the molecule is NC(=O)CCC1CN(c2ccccc2)CCN1c1cc(O)cc(F)c1. The minimum Gasteiger partial charge on any atom is -0.508 e. The third-order valence-electron chi connectivity index (χ3n) is 4.53. The molecule has 0 aromatic heterocycles. The highest BCUT2D eigenvalue weighted by Crippen LogP contribution is 2.29. The summed E-state index contributed by atoms with van der Waals surface area (Å²) in [5.74, 6) is -0.929. The van der Waals surface area contributed by atoms with Crippen molar-refractivity contribution < 1.29 is 14.3 Å². The van der Waals surface area contributed by atoms with Crippen molar-refractivity contribution in [2.75, 3.05) is 29.4 Å². The van der Waals surface area contributed by atoms with Gasteiger partial charge >= 0.3 is 0 Å². The molecule has 0 spiro atoms. The number of aromatic hydroxyl groups is 1. The number of primary amides is 1. The lowest BCUT2D eigenvalue weighted by molar-refractivity contribution is -0.118. The molecule has 1 amide bonds. The molecule has 2 aromatic carbocycles. The first-order valence-corrected chi connectivity index (χ1v) is 8.37. The summed E-state index contributed by atoms with van der Waals surface area (Å²) in [4.78, 5) is 15.5. The molecule has 0 bridgehead atoms. The van der Waals surface area contributed by atoms with Crippen LogP contribution >= 0.6 is 0 Å². The Hall–Kier alpha value is -2.76. The molecule has 1 aliphatic heterocycles. The largest absolute Gasteiger partial charge is 0.508 e. The van der Waals surface area contributed by atoms with Crippen LogP contribution in [0.1, 0.15) is 12.8 Å². The number of rotatable bonds is 5. The Morgan fingerprint density at radius 3 is 2.60 bits per heavy atom. The third-order valence-corrected chi connectivity index (χ3v) is 4.53. The number of nitrogens with two attached hydrogens (primary N) is 1. The molecular formula is C19H22FN3O2. The van der Waals surface area contributed by atoms with E-state index in [4.69, 9.17) is 5.73 Å². The highest BCUT2D eigenvalue weighted by atomic mass is 19.1. The van der Waals surface area contributed by atoms with Gasteiger partial charge in [-0.05, 0) is 24.6 Å². The average Bonchev–Trinajstić information content (AvgIpc) is 2.59. The molecular weight excluding hydrogens is 321 g/mol. The highest BCUT2D eigenvalue weighted by Gasteiger charge is 2.28. The third kappa shape index (κ3) is 4.21. The van der Waals surface area contributed by atoms with Crippen LogP contribution in [0.3, 0.4) is 0 Å². The Morgan fingerprint density at radius 2 is 1.92 bits per heavy atom. The number of hydrogen-bond acceptors (Lipinski definition) is 4. The summed E-state index contributed by atoms with van der Waals surface area (Å²) in [6.45, 7) is 2.14. The van der Waals surface area contributed by atoms with Gasteiger partial charge in [-0.2, -0.15) is 0 Å². The van der Waals surface area contributed by atoms with Crippen LogP contribution in [0.2, 0.25) is 0 Å². The first-order chi connectivity index (χ1) is 12.0. The summed E-state index contributed by atoms with van der Waals surface area (Å²) >= 11 is 0.